The topological polar surface area (TPSA) is 74.8 Å². The van der Waals surface area contributed by atoms with Crippen molar-refractivity contribution in [1.29, 1.82) is 0 Å². The molecule has 3 aromatic rings. The predicted octanol–water partition coefficient (Wildman–Crippen LogP) is 4.60. The summed E-state index contributed by atoms with van der Waals surface area (Å²) in [5, 5.41) is 0. The maximum Gasteiger partial charge on any atom is 0.261 e. The first-order valence-electron chi connectivity index (χ1n) is 11.4. The molecule has 0 aliphatic carbocycles. The summed E-state index contributed by atoms with van der Waals surface area (Å²) >= 11 is 0. The number of imidazole rings is 1. The lowest BCUT2D eigenvalue weighted by molar-refractivity contribution is -0.330. The van der Waals surface area contributed by atoms with Crippen LogP contribution in [0.1, 0.15) is 33.5 Å². The number of hydrogen-bond donors (Lipinski definition) is 1. The van der Waals surface area contributed by atoms with E-state index in [9.17, 15) is 0 Å². The zero-order valence-corrected chi connectivity index (χ0v) is 19.2. The fraction of sp³-hybridized carbons (Fsp3) is 0.423. The molecular weight excluding hydrogens is 420 g/mol. The Morgan fingerprint density at radius 2 is 1.48 bits per heavy atom. The zero-order chi connectivity index (χ0) is 22.8. The van der Waals surface area contributed by atoms with E-state index in [-0.39, 0.29) is 12.2 Å². The van der Waals surface area contributed by atoms with Crippen molar-refractivity contribution in [3.8, 4) is 22.5 Å². The number of nitrogens with zero attached hydrogens (tertiary/aromatic N) is 1. The lowest BCUT2D eigenvalue weighted by atomic mass is 10.0. The van der Waals surface area contributed by atoms with Crippen molar-refractivity contribution in [3.63, 3.8) is 0 Å². The Labute approximate surface area is 193 Å². The Morgan fingerprint density at radius 3 is 2.18 bits per heavy atom. The van der Waals surface area contributed by atoms with Gasteiger partial charge in [-0.2, -0.15) is 0 Å². The van der Waals surface area contributed by atoms with Gasteiger partial charge >= 0.3 is 0 Å². The molecule has 0 amide bonds. The molecule has 6 rings (SSSR count). The van der Waals surface area contributed by atoms with Crippen LogP contribution in [0.4, 0.5) is 0 Å². The van der Waals surface area contributed by atoms with E-state index >= 15 is 0 Å². The fourth-order valence-corrected chi connectivity index (χ4v) is 5.00. The smallest absolute Gasteiger partial charge is 0.261 e. The quantitative estimate of drug-likeness (QED) is 0.631. The Kier molecular flexibility index (Phi) is 4.60. The normalized spacial score (nSPS) is 31.8. The van der Waals surface area contributed by atoms with E-state index in [1.165, 1.54) is 0 Å². The Balaban J connectivity index is 1.50. The lowest BCUT2D eigenvalue weighted by Gasteiger charge is -2.38. The van der Waals surface area contributed by atoms with Gasteiger partial charge in [-0.25, -0.2) is 4.98 Å². The van der Waals surface area contributed by atoms with Crippen LogP contribution in [0.5, 0.6) is 0 Å². The molecule has 0 unspecified atom stereocenters. The van der Waals surface area contributed by atoms with Gasteiger partial charge < -0.3 is 28.7 Å². The van der Waals surface area contributed by atoms with Gasteiger partial charge in [0.05, 0.1) is 18.0 Å². The first kappa shape index (κ1) is 21.0. The van der Waals surface area contributed by atoms with Gasteiger partial charge in [0.25, 0.3) is 5.79 Å². The molecule has 172 valence electrons. The molecule has 3 saturated heterocycles. The predicted molar refractivity (Wildman–Crippen MR) is 121 cm³/mol. The third kappa shape index (κ3) is 3.43. The second-order valence-corrected chi connectivity index (χ2v) is 9.70. The number of H-pyrrole nitrogens is 1. The summed E-state index contributed by atoms with van der Waals surface area (Å²) in [4.78, 5) is 8.58. The standard InChI is InChI=1S/C26H28N2O5/c1-24(2)29-15-18-21(31-24)22-26(30-18,33-25(3,4)32-22)23-27-19(16-11-7-5-8-12-16)20(28-23)17-13-9-6-10-14-17/h5-14,18,21-22H,15H2,1-4H3,(H,27,28)/t18-,21+,22-,26+/m0/s1. The SMILES string of the molecule is CC1(C)OC[C@@H]2O[C@@]3(c4nc(-c5ccccc5)c(-c5ccccc5)[nH]4)OC(C)(C)O[C@H]3[C@@H]2O1. The van der Waals surface area contributed by atoms with Crippen LogP contribution in [0.25, 0.3) is 22.5 Å². The van der Waals surface area contributed by atoms with Crippen LogP contribution in [0.3, 0.4) is 0 Å². The number of nitrogens with one attached hydrogen (secondary N) is 1. The van der Waals surface area contributed by atoms with Gasteiger partial charge in [0, 0.05) is 11.1 Å². The first-order chi connectivity index (χ1) is 15.8. The molecule has 3 aliphatic rings. The van der Waals surface area contributed by atoms with Gasteiger partial charge in [-0.3, -0.25) is 0 Å². The lowest BCUT2D eigenvalue weighted by Crippen LogP contribution is -2.51. The van der Waals surface area contributed by atoms with E-state index in [1.807, 2.05) is 76.2 Å². The van der Waals surface area contributed by atoms with Gasteiger partial charge in [0.1, 0.15) is 12.2 Å². The van der Waals surface area contributed by atoms with Gasteiger partial charge in [-0.1, -0.05) is 60.7 Å². The minimum Gasteiger partial charge on any atom is -0.348 e. The molecule has 3 fully saturated rings. The van der Waals surface area contributed by atoms with E-state index in [0.29, 0.717) is 12.4 Å². The van der Waals surface area contributed by atoms with E-state index in [1.54, 1.807) is 0 Å². The van der Waals surface area contributed by atoms with E-state index in [2.05, 4.69) is 17.1 Å². The highest BCUT2D eigenvalue weighted by Crippen LogP contribution is 2.54. The summed E-state index contributed by atoms with van der Waals surface area (Å²) in [5.74, 6) is -2.27. The Bertz CT molecular complexity index is 1100. The average molecular weight is 449 g/mol. The van der Waals surface area contributed by atoms with Crippen molar-refractivity contribution < 1.29 is 23.7 Å². The highest BCUT2D eigenvalue weighted by molar-refractivity contribution is 5.78. The third-order valence-corrected chi connectivity index (χ3v) is 6.33. The minimum absolute atomic E-state index is 0.329. The largest absolute Gasteiger partial charge is 0.348 e. The number of benzene rings is 2. The van der Waals surface area contributed by atoms with E-state index in [0.717, 1.165) is 22.5 Å². The van der Waals surface area contributed by atoms with Crippen LogP contribution in [0.2, 0.25) is 0 Å². The van der Waals surface area contributed by atoms with Crippen molar-refractivity contribution in [2.75, 3.05) is 6.61 Å². The number of fused-ring (bicyclic) bond motifs is 3. The highest BCUT2D eigenvalue weighted by Gasteiger charge is 2.69. The molecule has 1 N–H and O–H groups in total. The average Bonchev–Trinajstić information content (AvgIpc) is 3.43. The summed E-state index contributed by atoms with van der Waals surface area (Å²) in [7, 11) is 0. The molecule has 0 spiro atoms. The van der Waals surface area contributed by atoms with Crippen LogP contribution in [0.15, 0.2) is 60.7 Å². The molecule has 3 aliphatic heterocycles. The van der Waals surface area contributed by atoms with Gasteiger partial charge in [-0.15, -0.1) is 0 Å². The Morgan fingerprint density at radius 1 is 0.818 bits per heavy atom. The maximum absolute atomic E-state index is 6.54. The zero-order valence-electron chi connectivity index (χ0n) is 19.2. The summed E-state index contributed by atoms with van der Waals surface area (Å²) < 4.78 is 31.5. The summed E-state index contributed by atoms with van der Waals surface area (Å²) in [5.41, 5.74) is 3.75. The minimum atomic E-state index is -1.24. The van der Waals surface area contributed by atoms with Crippen molar-refractivity contribution in [3.05, 3.63) is 66.5 Å². The number of hydrogen-bond acceptors (Lipinski definition) is 6. The van der Waals surface area contributed by atoms with Crippen LogP contribution in [0, 0.1) is 0 Å². The molecule has 7 heteroatoms. The highest BCUT2D eigenvalue weighted by atomic mass is 16.9. The van der Waals surface area contributed by atoms with Gasteiger partial charge in [0.15, 0.2) is 23.5 Å². The second-order valence-electron chi connectivity index (χ2n) is 9.70. The number of rotatable bonds is 3. The van der Waals surface area contributed by atoms with Gasteiger partial charge in [0.2, 0.25) is 0 Å². The van der Waals surface area contributed by atoms with E-state index < -0.39 is 23.5 Å². The van der Waals surface area contributed by atoms with Gasteiger partial charge in [-0.05, 0) is 27.7 Å². The van der Waals surface area contributed by atoms with Crippen molar-refractivity contribution in [1.82, 2.24) is 9.97 Å². The molecule has 7 nitrogen and oxygen atoms in total. The van der Waals surface area contributed by atoms with Crippen LogP contribution in [-0.2, 0) is 29.5 Å². The summed E-state index contributed by atoms with van der Waals surface area (Å²) in [6, 6.07) is 20.2. The van der Waals surface area contributed by atoms with Crippen molar-refractivity contribution >= 4 is 0 Å². The number of aromatic nitrogens is 2. The third-order valence-electron chi connectivity index (χ3n) is 6.33. The summed E-state index contributed by atoms with van der Waals surface area (Å²) in [6.07, 6.45) is -1.18. The van der Waals surface area contributed by atoms with E-state index in [4.69, 9.17) is 28.7 Å². The first-order valence-corrected chi connectivity index (χ1v) is 11.4. The molecule has 33 heavy (non-hydrogen) atoms. The molecule has 4 heterocycles. The molecule has 4 atom stereocenters. The molecule has 0 saturated carbocycles. The number of aromatic amines is 1. The Hall–Kier alpha value is -2.55. The molecule has 0 radical (unpaired) electrons. The fourth-order valence-electron chi connectivity index (χ4n) is 5.00. The van der Waals surface area contributed by atoms with Crippen LogP contribution in [-0.4, -0.2) is 46.5 Å². The van der Waals surface area contributed by atoms with Crippen LogP contribution < -0.4 is 0 Å². The monoisotopic (exact) mass is 448 g/mol. The summed E-state index contributed by atoms with van der Waals surface area (Å²) in [6.45, 7) is 7.96. The molecule has 2 aromatic carbocycles. The second kappa shape index (κ2) is 7.22. The molecular formula is C26H28N2O5. The molecule has 0 bridgehead atoms. The van der Waals surface area contributed by atoms with Crippen molar-refractivity contribution in [2.45, 2.75) is 63.4 Å². The molecule has 1 aromatic heterocycles. The maximum atomic E-state index is 6.54. The number of ether oxygens (including phenoxy) is 5. The van der Waals surface area contributed by atoms with Crippen molar-refractivity contribution in [2.24, 2.45) is 0 Å². The van der Waals surface area contributed by atoms with Crippen LogP contribution >= 0.6 is 0 Å².